The number of halogens is 1. The van der Waals surface area contributed by atoms with Crippen molar-refractivity contribution in [3.05, 3.63) is 64.7 Å². The van der Waals surface area contributed by atoms with Gasteiger partial charge in [0.05, 0.1) is 23.4 Å². The van der Waals surface area contributed by atoms with Crippen molar-refractivity contribution >= 4 is 23.2 Å². The van der Waals surface area contributed by atoms with Gasteiger partial charge in [0.15, 0.2) is 0 Å². The summed E-state index contributed by atoms with van der Waals surface area (Å²) in [6, 6.07) is 14.5. The molecule has 0 radical (unpaired) electrons. The first-order chi connectivity index (χ1) is 10.1. The second kappa shape index (κ2) is 7.25. The zero-order valence-electron chi connectivity index (χ0n) is 12.1. The van der Waals surface area contributed by atoms with Crippen LogP contribution in [0.25, 0.3) is 0 Å². The molecule has 2 aromatic carbocycles. The summed E-state index contributed by atoms with van der Waals surface area (Å²) < 4.78 is 5.52. The third-order valence-electron chi connectivity index (χ3n) is 2.92. The number of nitrogens with one attached hydrogen (secondary N) is 1. The molecule has 0 aliphatic rings. The molecule has 0 heterocycles. The molecule has 4 heteroatoms. The van der Waals surface area contributed by atoms with Gasteiger partial charge in [0.2, 0.25) is 0 Å². The van der Waals surface area contributed by atoms with Gasteiger partial charge >= 0.3 is 0 Å². The van der Waals surface area contributed by atoms with E-state index in [2.05, 4.69) is 5.32 Å². The molecule has 0 atom stereocenters. The number of carbonyl (C=O) groups excluding carboxylic acids is 1. The van der Waals surface area contributed by atoms with E-state index in [9.17, 15) is 4.79 Å². The highest BCUT2D eigenvalue weighted by molar-refractivity contribution is 6.33. The van der Waals surface area contributed by atoms with Crippen LogP contribution in [-0.2, 0) is 11.3 Å². The van der Waals surface area contributed by atoms with E-state index >= 15 is 0 Å². The van der Waals surface area contributed by atoms with Crippen molar-refractivity contribution in [2.45, 2.75) is 26.6 Å². The molecule has 1 N–H and O–H groups in total. The molecule has 0 aliphatic heterocycles. The van der Waals surface area contributed by atoms with E-state index in [-0.39, 0.29) is 12.0 Å². The number of carbonyl (C=O) groups is 1. The second-order valence-electron chi connectivity index (χ2n) is 4.99. The lowest BCUT2D eigenvalue weighted by Crippen LogP contribution is -2.12. The average molecular weight is 304 g/mol. The van der Waals surface area contributed by atoms with Crippen LogP contribution >= 0.6 is 11.6 Å². The Kier molecular flexibility index (Phi) is 5.37. The smallest absolute Gasteiger partial charge is 0.255 e. The normalized spacial score (nSPS) is 10.7. The molecule has 3 nitrogen and oxygen atoms in total. The fourth-order valence-corrected chi connectivity index (χ4v) is 1.96. The van der Waals surface area contributed by atoms with E-state index in [1.165, 1.54) is 0 Å². The topological polar surface area (TPSA) is 38.3 Å². The molecule has 21 heavy (non-hydrogen) atoms. The number of amides is 1. The maximum atomic E-state index is 12.1. The first-order valence-corrected chi connectivity index (χ1v) is 7.20. The second-order valence-corrected chi connectivity index (χ2v) is 5.40. The van der Waals surface area contributed by atoms with Crippen molar-refractivity contribution < 1.29 is 9.53 Å². The van der Waals surface area contributed by atoms with Crippen molar-refractivity contribution in [1.29, 1.82) is 0 Å². The molecular weight excluding hydrogens is 286 g/mol. The van der Waals surface area contributed by atoms with Gasteiger partial charge in [-0.05, 0) is 43.7 Å². The predicted molar refractivity (Wildman–Crippen MR) is 85.8 cm³/mol. The first-order valence-electron chi connectivity index (χ1n) is 6.82. The number of para-hydroxylation sites is 1. The van der Waals surface area contributed by atoms with E-state index in [0.717, 1.165) is 5.56 Å². The quantitative estimate of drug-likeness (QED) is 0.882. The van der Waals surface area contributed by atoms with Crippen LogP contribution in [0.15, 0.2) is 48.5 Å². The fraction of sp³-hybridized carbons (Fsp3) is 0.235. The summed E-state index contributed by atoms with van der Waals surface area (Å²) in [5.74, 6) is -0.181. The Hall–Kier alpha value is -1.84. The third kappa shape index (κ3) is 4.59. The number of anilines is 1. The minimum absolute atomic E-state index is 0.181. The van der Waals surface area contributed by atoms with Gasteiger partial charge in [-0.1, -0.05) is 35.9 Å². The highest BCUT2D eigenvalue weighted by atomic mass is 35.5. The molecule has 1 amide bonds. The summed E-state index contributed by atoms with van der Waals surface area (Å²) in [5.41, 5.74) is 2.23. The third-order valence-corrected chi connectivity index (χ3v) is 3.25. The maximum Gasteiger partial charge on any atom is 0.255 e. The molecule has 0 unspecified atom stereocenters. The van der Waals surface area contributed by atoms with Crippen LogP contribution in [0.4, 0.5) is 5.69 Å². The maximum absolute atomic E-state index is 12.1. The van der Waals surface area contributed by atoms with Crippen molar-refractivity contribution in [1.82, 2.24) is 0 Å². The Labute approximate surface area is 129 Å². The lowest BCUT2D eigenvalue weighted by atomic mass is 10.1. The Morgan fingerprint density at radius 2 is 1.81 bits per heavy atom. The molecule has 0 saturated carbocycles. The van der Waals surface area contributed by atoms with Crippen molar-refractivity contribution in [3.63, 3.8) is 0 Å². The number of benzene rings is 2. The molecule has 2 aromatic rings. The Balaban J connectivity index is 2.01. The van der Waals surface area contributed by atoms with E-state index in [1.807, 2.05) is 38.1 Å². The molecule has 0 spiro atoms. The van der Waals surface area contributed by atoms with Gasteiger partial charge in [-0.15, -0.1) is 0 Å². The Morgan fingerprint density at radius 3 is 2.43 bits per heavy atom. The molecule has 0 aliphatic carbocycles. The summed E-state index contributed by atoms with van der Waals surface area (Å²) in [6.07, 6.45) is 0.188. The monoisotopic (exact) mass is 303 g/mol. The summed E-state index contributed by atoms with van der Waals surface area (Å²) in [4.78, 5) is 12.1. The van der Waals surface area contributed by atoms with E-state index in [0.29, 0.717) is 22.9 Å². The summed E-state index contributed by atoms with van der Waals surface area (Å²) in [6.45, 7) is 4.53. The van der Waals surface area contributed by atoms with Crippen molar-refractivity contribution in [2.24, 2.45) is 0 Å². The molecule has 2 rings (SSSR count). The molecule has 0 fully saturated rings. The average Bonchev–Trinajstić information content (AvgIpc) is 2.48. The van der Waals surface area contributed by atoms with Crippen molar-refractivity contribution in [2.75, 3.05) is 5.32 Å². The first kappa shape index (κ1) is 15.5. The molecule has 110 valence electrons. The number of hydrogen-bond donors (Lipinski definition) is 1. The SMILES string of the molecule is CC(C)OCc1ccc(C(=O)Nc2ccccc2Cl)cc1. The zero-order chi connectivity index (χ0) is 15.2. The van der Waals surface area contributed by atoms with Gasteiger partial charge < -0.3 is 10.1 Å². The van der Waals surface area contributed by atoms with E-state index < -0.39 is 0 Å². The van der Waals surface area contributed by atoms with Crippen molar-refractivity contribution in [3.8, 4) is 0 Å². The lowest BCUT2D eigenvalue weighted by molar-refractivity contribution is 0.0657. The summed E-state index contributed by atoms with van der Waals surface area (Å²) in [7, 11) is 0. The standard InChI is InChI=1S/C17H18ClNO2/c1-12(2)21-11-13-7-9-14(10-8-13)17(20)19-16-6-4-3-5-15(16)18/h3-10,12H,11H2,1-2H3,(H,19,20). The number of ether oxygens (including phenoxy) is 1. The highest BCUT2D eigenvalue weighted by Crippen LogP contribution is 2.21. The van der Waals surface area contributed by atoms with Gasteiger partial charge in [0.25, 0.3) is 5.91 Å². The molecule has 0 saturated heterocycles. The Morgan fingerprint density at radius 1 is 1.14 bits per heavy atom. The van der Waals surface area contributed by atoms with Crippen LogP contribution in [0.1, 0.15) is 29.8 Å². The van der Waals surface area contributed by atoms with Crippen LogP contribution in [0.3, 0.4) is 0 Å². The predicted octanol–water partition coefficient (Wildman–Crippen LogP) is 4.52. The summed E-state index contributed by atoms with van der Waals surface area (Å²) >= 11 is 6.02. The van der Waals surface area contributed by atoms with Crippen LogP contribution < -0.4 is 5.32 Å². The van der Waals surface area contributed by atoms with Crippen LogP contribution in [0.5, 0.6) is 0 Å². The van der Waals surface area contributed by atoms with Gasteiger partial charge in [-0.2, -0.15) is 0 Å². The van der Waals surface area contributed by atoms with Crippen LogP contribution in [-0.4, -0.2) is 12.0 Å². The highest BCUT2D eigenvalue weighted by Gasteiger charge is 2.08. The van der Waals surface area contributed by atoms with Gasteiger partial charge in [0, 0.05) is 5.56 Å². The van der Waals surface area contributed by atoms with Crippen LogP contribution in [0, 0.1) is 0 Å². The number of rotatable bonds is 5. The largest absolute Gasteiger partial charge is 0.374 e. The number of hydrogen-bond acceptors (Lipinski definition) is 2. The van der Waals surface area contributed by atoms with E-state index in [1.54, 1.807) is 24.3 Å². The fourth-order valence-electron chi connectivity index (χ4n) is 1.77. The molecule has 0 bridgehead atoms. The van der Waals surface area contributed by atoms with Crippen LogP contribution in [0.2, 0.25) is 5.02 Å². The molecular formula is C17H18ClNO2. The minimum atomic E-state index is -0.181. The van der Waals surface area contributed by atoms with Gasteiger partial charge in [0.1, 0.15) is 0 Å². The zero-order valence-corrected chi connectivity index (χ0v) is 12.9. The van der Waals surface area contributed by atoms with Gasteiger partial charge in [-0.25, -0.2) is 0 Å². The Bertz CT molecular complexity index is 608. The minimum Gasteiger partial charge on any atom is -0.374 e. The lowest BCUT2D eigenvalue weighted by Gasteiger charge is -2.09. The van der Waals surface area contributed by atoms with Gasteiger partial charge in [-0.3, -0.25) is 4.79 Å². The summed E-state index contributed by atoms with van der Waals surface area (Å²) in [5, 5.41) is 3.32. The molecule has 0 aromatic heterocycles. The van der Waals surface area contributed by atoms with E-state index in [4.69, 9.17) is 16.3 Å².